The van der Waals surface area contributed by atoms with Gasteiger partial charge < -0.3 is 4.42 Å². The zero-order chi connectivity index (χ0) is 15.9. The Labute approximate surface area is 139 Å². The van der Waals surface area contributed by atoms with Crippen LogP contribution in [-0.2, 0) is 6.42 Å². The first-order chi connectivity index (χ1) is 11.4. The van der Waals surface area contributed by atoms with Crippen LogP contribution in [0.5, 0.6) is 0 Å². The second kappa shape index (κ2) is 8.01. The molecule has 0 aliphatic carbocycles. The third-order valence-electron chi connectivity index (χ3n) is 4.48. The van der Waals surface area contributed by atoms with E-state index in [4.69, 9.17) is 4.42 Å². The van der Waals surface area contributed by atoms with Gasteiger partial charge in [-0.15, -0.1) is 0 Å². The monoisotopic (exact) mass is 306 g/mol. The first-order valence-corrected chi connectivity index (χ1v) is 8.94. The summed E-state index contributed by atoms with van der Waals surface area (Å²) in [7, 11) is 0. The average Bonchev–Trinajstić information content (AvgIpc) is 3.02. The van der Waals surface area contributed by atoms with Crippen molar-refractivity contribution in [3.05, 3.63) is 60.2 Å². The van der Waals surface area contributed by atoms with Gasteiger partial charge in [-0.2, -0.15) is 0 Å². The molecule has 0 N–H and O–H groups in total. The van der Waals surface area contributed by atoms with E-state index in [0.717, 1.165) is 16.9 Å². The smallest absolute Gasteiger partial charge is 0.135 e. The number of rotatable bonds is 8. The number of aryl methyl sites for hydroxylation is 1. The number of para-hydroxylation sites is 1. The summed E-state index contributed by atoms with van der Waals surface area (Å²) in [5, 5.41) is 1.17. The fourth-order valence-corrected chi connectivity index (χ4v) is 3.07. The van der Waals surface area contributed by atoms with E-state index in [0.29, 0.717) is 0 Å². The fourth-order valence-electron chi connectivity index (χ4n) is 3.07. The van der Waals surface area contributed by atoms with Gasteiger partial charge in [-0.1, -0.05) is 81.5 Å². The second-order valence-electron chi connectivity index (χ2n) is 6.36. The van der Waals surface area contributed by atoms with Crippen LogP contribution in [0.2, 0.25) is 0 Å². The summed E-state index contributed by atoms with van der Waals surface area (Å²) in [6.45, 7) is 2.27. The van der Waals surface area contributed by atoms with Crippen LogP contribution in [0.25, 0.3) is 22.3 Å². The van der Waals surface area contributed by atoms with Gasteiger partial charge in [0.05, 0.1) is 0 Å². The Hall–Kier alpha value is -2.02. The quantitative estimate of drug-likeness (QED) is 0.408. The van der Waals surface area contributed by atoms with E-state index >= 15 is 0 Å². The lowest BCUT2D eigenvalue weighted by atomic mass is 10.0. The van der Waals surface area contributed by atoms with Crippen LogP contribution in [0.4, 0.5) is 0 Å². The van der Waals surface area contributed by atoms with Gasteiger partial charge in [0.25, 0.3) is 0 Å². The lowest BCUT2D eigenvalue weighted by Crippen LogP contribution is -1.86. The van der Waals surface area contributed by atoms with Crippen molar-refractivity contribution in [1.29, 1.82) is 0 Å². The molecule has 0 fully saturated rings. The van der Waals surface area contributed by atoms with E-state index in [-0.39, 0.29) is 0 Å². The highest BCUT2D eigenvalue weighted by atomic mass is 16.3. The van der Waals surface area contributed by atoms with Gasteiger partial charge in [0.1, 0.15) is 11.3 Å². The predicted octanol–water partition coefficient (Wildman–Crippen LogP) is 7.00. The number of furan rings is 1. The second-order valence-corrected chi connectivity index (χ2v) is 6.36. The maximum Gasteiger partial charge on any atom is 0.135 e. The van der Waals surface area contributed by atoms with E-state index in [1.54, 1.807) is 0 Å². The third kappa shape index (κ3) is 4.25. The van der Waals surface area contributed by atoms with Crippen LogP contribution in [0.15, 0.2) is 59.0 Å². The molecule has 1 nitrogen and oxygen atoms in total. The maximum absolute atomic E-state index is 5.93. The summed E-state index contributed by atoms with van der Waals surface area (Å²) in [5.41, 5.74) is 3.55. The molecule has 0 spiro atoms. The molecule has 0 amide bonds. The molecule has 0 bridgehead atoms. The molecule has 0 radical (unpaired) electrons. The molecule has 2 aromatic carbocycles. The van der Waals surface area contributed by atoms with Crippen LogP contribution in [0.3, 0.4) is 0 Å². The molecular formula is C22H26O. The molecule has 0 aliphatic rings. The normalized spacial score (nSPS) is 11.2. The summed E-state index contributed by atoms with van der Waals surface area (Å²) >= 11 is 0. The zero-order valence-corrected chi connectivity index (χ0v) is 14.1. The Morgan fingerprint density at radius 1 is 0.783 bits per heavy atom. The highest BCUT2D eigenvalue weighted by Gasteiger charge is 2.05. The van der Waals surface area contributed by atoms with Crippen molar-refractivity contribution in [2.45, 2.75) is 51.9 Å². The number of benzene rings is 2. The van der Waals surface area contributed by atoms with E-state index in [1.165, 1.54) is 55.9 Å². The van der Waals surface area contributed by atoms with E-state index in [1.807, 2.05) is 18.2 Å². The minimum absolute atomic E-state index is 0.956. The van der Waals surface area contributed by atoms with Gasteiger partial charge in [-0.05, 0) is 30.5 Å². The summed E-state index contributed by atoms with van der Waals surface area (Å²) in [5.74, 6) is 0.956. The Bertz CT molecular complexity index is 688. The van der Waals surface area contributed by atoms with E-state index in [9.17, 15) is 0 Å². The molecule has 0 saturated heterocycles. The fraction of sp³-hybridized carbons (Fsp3) is 0.364. The Morgan fingerprint density at radius 3 is 2.30 bits per heavy atom. The number of unbranched alkanes of at least 4 members (excludes halogenated alkanes) is 5. The average molecular weight is 306 g/mol. The standard InChI is InChI=1S/C22H26O/c1-2-3-4-5-6-7-10-18-13-15-19(16-14-18)22-17-20-11-8-9-12-21(20)23-22/h8-9,11-17H,2-7,10H2,1H3. The predicted molar refractivity (Wildman–Crippen MR) is 98.7 cm³/mol. The van der Waals surface area contributed by atoms with Gasteiger partial charge in [0, 0.05) is 10.9 Å². The van der Waals surface area contributed by atoms with Crippen molar-refractivity contribution in [1.82, 2.24) is 0 Å². The Morgan fingerprint density at radius 2 is 1.52 bits per heavy atom. The number of hydrogen-bond donors (Lipinski definition) is 0. The van der Waals surface area contributed by atoms with Crippen LogP contribution in [-0.4, -0.2) is 0 Å². The van der Waals surface area contributed by atoms with Gasteiger partial charge in [0.15, 0.2) is 0 Å². The molecule has 0 atom stereocenters. The Kier molecular flexibility index (Phi) is 5.52. The number of hydrogen-bond acceptors (Lipinski definition) is 1. The molecule has 0 aliphatic heterocycles. The topological polar surface area (TPSA) is 13.1 Å². The highest BCUT2D eigenvalue weighted by Crippen LogP contribution is 2.28. The van der Waals surface area contributed by atoms with E-state index < -0.39 is 0 Å². The lowest BCUT2D eigenvalue weighted by Gasteiger charge is -2.03. The van der Waals surface area contributed by atoms with Crippen LogP contribution < -0.4 is 0 Å². The minimum atomic E-state index is 0.956. The van der Waals surface area contributed by atoms with Crippen molar-refractivity contribution < 1.29 is 4.42 Å². The summed E-state index contributed by atoms with van der Waals surface area (Å²) in [4.78, 5) is 0. The molecule has 1 heteroatoms. The highest BCUT2D eigenvalue weighted by molar-refractivity contribution is 5.82. The Balaban J connectivity index is 1.56. The van der Waals surface area contributed by atoms with Gasteiger partial charge in [0.2, 0.25) is 0 Å². The molecule has 120 valence electrons. The molecule has 1 heterocycles. The largest absolute Gasteiger partial charge is 0.456 e. The zero-order valence-electron chi connectivity index (χ0n) is 14.1. The molecule has 0 saturated carbocycles. The van der Waals surface area contributed by atoms with Gasteiger partial charge >= 0.3 is 0 Å². The van der Waals surface area contributed by atoms with Crippen LogP contribution in [0, 0.1) is 0 Å². The van der Waals surface area contributed by atoms with E-state index in [2.05, 4.69) is 43.3 Å². The van der Waals surface area contributed by atoms with Crippen molar-refractivity contribution in [2.24, 2.45) is 0 Å². The molecule has 3 aromatic rings. The molecule has 1 aromatic heterocycles. The van der Waals surface area contributed by atoms with Crippen LogP contribution >= 0.6 is 0 Å². The molecular weight excluding hydrogens is 280 g/mol. The molecule has 3 rings (SSSR count). The first kappa shape index (κ1) is 15.9. The molecule has 23 heavy (non-hydrogen) atoms. The van der Waals surface area contributed by atoms with Gasteiger partial charge in [-0.3, -0.25) is 0 Å². The summed E-state index contributed by atoms with van der Waals surface area (Å²) in [6, 6.07) is 19.2. The van der Waals surface area contributed by atoms with Crippen molar-refractivity contribution in [3.63, 3.8) is 0 Å². The maximum atomic E-state index is 5.93. The third-order valence-corrected chi connectivity index (χ3v) is 4.48. The SMILES string of the molecule is CCCCCCCCc1ccc(-c2cc3ccccc3o2)cc1. The summed E-state index contributed by atoms with van der Waals surface area (Å²) in [6.07, 6.45) is 9.31. The van der Waals surface area contributed by atoms with Crippen molar-refractivity contribution in [2.75, 3.05) is 0 Å². The number of fused-ring (bicyclic) bond motifs is 1. The molecule has 0 unspecified atom stereocenters. The minimum Gasteiger partial charge on any atom is -0.456 e. The first-order valence-electron chi connectivity index (χ1n) is 8.94. The summed E-state index contributed by atoms with van der Waals surface area (Å²) < 4.78 is 5.93. The van der Waals surface area contributed by atoms with Gasteiger partial charge in [-0.25, -0.2) is 0 Å². The lowest BCUT2D eigenvalue weighted by molar-refractivity contribution is 0.607. The van der Waals surface area contributed by atoms with Crippen LogP contribution in [0.1, 0.15) is 51.0 Å². The van der Waals surface area contributed by atoms with Crippen molar-refractivity contribution >= 4 is 11.0 Å². The van der Waals surface area contributed by atoms with Crippen molar-refractivity contribution in [3.8, 4) is 11.3 Å².